The molecule has 1 saturated heterocycles. The molecule has 1 aromatic carbocycles. The van der Waals surface area contributed by atoms with Gasteiger partial charge in [0, 0.05) is 18.4 Å². The highest BCUT2D eigenvalue weighted by Gasteiger charge is 2.35. The molecule has 0 saturated carbocycles. The zero-order valence-corrected chi connectivity index (χ0v) is 11.9. The molecule has 1 unspecified atom stereocenters. The van der Waals surface area contributed by atoms with Gasteiger partial charge in [0.05, 0.1) is 6.61 Å². The van der Waals surface area contributed by atoms with E-state index in [1.165, 1.54) is 12.1 Å². The Kier molecular flexibility index (Phi) is 4.76. The summed E-state index contributed by atoms with van der Waals surface area (Å²) in [5.74, 6) is -0.197. The van der Waals surface area contributed by atoms with Crippen molar-refractivity contribution in [3.63, 3.8) is 0 Å². The predicted molar refractivity (Wildman–Crippen MR) is 73.5 cm³/mol. The molecule has 0 aliphatic carbocycles. The molecule has 1 aliphatic heterocycles. The average molecular weight is 274 g/mol. The van der Waals surface area contributed by atoms with Crippen LogP contribution in [0.4, 0.5) is 4.39 Å². The molecule has 0 bridgehead atoms. The standard InChI is InChI=1S/C14H20FNO.ClH/c1-13(2)9-16-14(3,17-10-13)8-11-4-6-12(15)7-5-11;/h4-7,16H,8-10H2,1-3H3;1H. The van der Waals surface area contributed by atoms with Crippen molar-refractivity contribution in [2.45, 2.75) is 32.9 Å². The maximum Gasteiger partial charge on any atom is 0.123 e. The summed E-state index contributed by atoms with van der Waals surface area (Å²) in [4.78, 5) is 0. The van der Waals surface area contributed by atoms with Crippen molar-refractivity contribution in [2.24, 2.45) is 5.41 Å². The molecule has 4 heteroatoms. The van der Waals surface area contributed by atoms with E-state index in [0.29, 0.717) is 0 Å². The first kappa shape index (κ1) is 15.4. The summed E-state index contributed by atoms with van der Waals surface area (Å²) in [5, 5.41) is 3.43. The quantitative estimate of drug-likeness (QED) is 0.894. The van der Waals surface area contributed by atoms with Crippen molar-refractivity contribution in [3.05, 3.63) is 35.6 Å². The van der Waals surface area contributed by atoms with E-state index < -0.39 is 0 Å². The summed E-state index contributed by atoms with van der Waals surface area (Å²) in [6.07, 6.45) is 0.753. The van der Waals surface area contributed by atoms with Crippen LogP contribution in [0.25, 0.3) is 0 Å². The summed E-state index contributed by atoms with van der Waals surface area (Å²) in [6.45, 7) is 8.09. The second kappa shape index (κ2) is 5.55. The monoisotopic (exact) mass is 273 g/mol. The molecule has 0 aromatic heterocycles. The lowest BCUT2D eigenvalue weighted by Gasteiger charge is -2.42. The highest BCUT2D eigenvalue weighted by molar-refractivity contribution is 5.85. The van der Waals surface area contributed by atoms with Gasteiger partial charge in [0.25, 0.3) is 0 Å². The Hall–Kier alpha value is -0.640. The van der Waals surface area contributed by atoms with Crippen molar-refractivity contribution in [2.75, 3.05) is 13.2 Å². The first-order valence-electron chi connectivity index (χ1n) is 6.02. The topological polar surface area (TPSA) is 21.3 Å². The molecule has 0 radical (unpaired) electrons. The van der Waals surface area contributed by atoms with Gasteiger partial charge in [0.1, 0.15) is 11.5 Å². The van der Waals surface area contributed by atoms with Gasteiger partial charge in [0.15, 0.2) is 0 Å². The SMILES string of the molecule is CC1(C)CNC(C)(Cc2ccc(F)cc2)OC1.Cl. The van der Waals surface area contributed by atoms with Crippen molar-refractivity contribution in [3.8, 4) is 0 Å². The van der Waals surface area contributed by atoms with Crippen LogP contribution in [-0.2, 0) is 11.2 Å². The van der Waals surface area contributed by atoms with Crippen molar-refractivity contribution in [1.82, 2.24) is 5.32 Å². The van der Waals surface area contributed by atoms with E-state index >= 15 is 0 Å². The van der Waals surface area contributed by atoms with E-state index in [1.807, 2.05) is 19.1 Å². The van der Waals surface area contributed by atoms with Gasteiger partial charge in [-0.2, -0.15) is 0 Å². The number of rotatable bonds is 2. The van der Waals surface area contributed by atoms with Crippen LogP contribution in [0, 0.1) is 11.2 Å². The fraction of sp³-hybridized carbons (Fsp3) is 0.571. The van der Waals surface area contributed by atoms with E-state index in [4.69, 9.17) is 4.74 Å². The molecule has 18 heavy (non-hydrogen) atoms. The number of nitrogens with one attached hydrogen (secondary N) is 1. The van der Waals surface area contributed by atoms with Gasteiger partial charge in [-0.15, -0.1) is 12.4 Å². The molecule has 0 amide bonds. The molecule has 1 atom stereocenters. The Morgan fingerprint density at radius 1 is 1.22 bits per heavy atom. The second-order valence-corrected chi connectivity index (χ2v) is 5.84. The van der Waals surface area contributed by atoms with E-state index in [0.717, 1.165) is 25.1 Å². The molecule has 2 rings (SSSR count). The lowest BCUT2D eigenvalue weighted by atomic mass is 9.90. The Balaban J connectivity index is 0.00000162. The number of hydrogen-bond acceptors (Lipinski definition) is 2. The number of ether oxygens (including phenoxy) is 1. The van der Waals surface area contributed by atoms with Crippen LogP contribution in [0.3, 0.4) is 0 Å². The molecule has 0 spiro atoms. The minimum atomic E-state index is -0.340. The van der Waals surface area contributed by atoms with Gasteiger partial charge < -0.3 is 4.74 Å². The summed E-state index contributed by atoms with van der Waals surface area (Å²) >= 11 is 0. The fourth-order valence-corrected chi connectivity index (χ4v) is 1.99. The minimum Gasteiger partial charge on any atom is -0.360 e. The summed E-state index contributed by atoms with van der Waals surface area (Å²) in [6, 6.07) is 6.60. The second-order valence-electron chi connectivity index (χ2n) is 5.84. The van der Waals surface area contributed by atoms with Crippen LogP contribution in [0.2, 0.25) is 0 Å². The van der Waals surface area contributed by atoms with Gasteiger partial charge in [0.2, 0.25) is 0 Å². The Bertz CT molecular complexity index is 381. The fourth-order valence-electron chi connectivity index (χ4n) is 1.99. The number of halogens is 2. The Morgan fingerprint density at radius 2 is 1.83 bits per heavy atom. The first-order valence-corrected chi connectivity index (χ1v) is 6.02. The normalized spacial score (nSPS) is 26.4. The lowest BCUT2D eigenvalue weighted by molar-refractivity contribution is -0.125. The van der Waals surface area contributed by atoms with Crippen molar-refractivity contribution >= 4 is 12.4 Å². The third kappa shape index (κ3) is 3.94. The van der Waals surface area contributed by atoms with Gasteiger partial charge >= 0.3 is 0 Å². The highest BCUT2D eigenvalue weighted by Crippen LogP contribution is 2.26. The smallest absolute Gasteiger partial charge is 0.123 e. The van der Waals surface area contributed by atoms with Crippen LogP contribution in [-0.4, -0.2) is 18.9 Å². The van der Waals surface area contributed by atoms with Crippen LogP contribution in [0.1, 0.15) is 26.3 Å². The summed E-state index contributed by atoms with van der Waals surface area (Å²) in [5.41, 5.74) is 0.927. The third-order valence-corrected chi connectivity index (χ3v) is 3.18. The Morgan fingerprint density at radius 3 is 2.33 bits per heavy atom. The molecule has 1 aromatic rings. The van der Waals surface area contributed by atoms with Gasteiger partial charge in [-0.1, -0.05) is 26.0 Å². The van der Waals surface area contributed by atoms with Crippen molar-refractivity contribution in [1.29, 1.82) is 0 Å². The van der Waals surface area contributed by atoms with E-state index in [1.54, 1.807) is 0 Å². The molecule has 1 N–H and O–H groups in total. The summed E-state index contributed by atoms with van der Waals surface area (Å²) in [7, 11) is 0. The molecule has 1 fully saturated rings. The first-order chi connectivity index (χ1) is 7.89. The highest BCUT2D eigenvalue weighted by atomic mass is 35.5. The van der Waals surface area contributed by atoms with E-state index in [-0.39, 0.29) is 29.4 Å². The molecular weight excluding hydrogens is 253 g/mol. The van der Waals surface area contributed by atoms with Crippen LogP contribution < -0.4 is 5.32 Å². The van der Waals surface area contributed by atoms with E-state index in [9.17, 15) is 4.39 Å². The zero-order chi connectivity index (χ0) is 12.5. The largest absolute Gasteiger partial charge is 0.360 e. The molecular formula is C14H21ClFNO. The number of hydrogen-bond donors (Lipinski definition) is 1. The molecule has 1 aliphatic rings. The molecule has 1 heterocycles. The third-order valence-electron chi connectivity index (χ3n) is 3.18. The van der Waals surface area contributed by atoms with E-state index in [2.05, 4.69) is 19.2 Å². The van der Waals surface area contributed by atoms with Gasteiger partial charge in [-0.05, 0) is 24.6 Å². The predicted octanol–water partition coefficient (Wildman–Crippen LogP) is 3.15. The maximum atomic E-state index is 12.8. The molecule has 102 valence electrons. The molecule has 2 nitrogen and oxygen atoms in total. The summed E-state index contributed by atoms with van der Waals surface area (Å²) < 4.78 is 18.7. The van der Waals surface area contributed by atoms with Crippen LogP contribution >= 0.6 is 12.4 Å². The Labute approximate surface area is 114 Å². The maximum absolute atomic E-state index is 12.8. The van der Waals surface area contributed by atoms with Crippen LogP contribution in [0.15, 0.2) is 24.3 Å². The lowest BCUT2D eigenvalue weighted by Crippen LogP contribution is -2.56. The van der Waals surface area contributed by atoms with Gasteiger partial charge in [-0.25, -0.2) is 4.39 Å². The van der Waals surface area contributed by atoms with Crippen molar-refractivity contribution < 1.29 is 9.13 Å². The van der Waals surface area contributed by atoms with Gasteiger partial charge in [-0.3, -0.25) is 5.32 Å². The zero-order valence-electron chi connectivity index (χ0n) is 11.1. The average Bonchev–Trinajstić information content (AvgIpc) is 2.27. The number of benzene rings is 1. The van der Waals surface area contributed by atoms with Crippen LogP contribution in [0.5, 0.6) is 0 Å². The minimum absolute atomic E-state index is 0.